The lowest BCUT2D eigenvalue weighted by molar-refractivity contribution is -0.243. The number of aliphatic hydroxyl groups is 3. The number of rotatable bonds is 6. The second kappa shape index (κ2) is 10.8. The van der Waals surface area contributed by atoms with Gasteiger partial charge in [0.2, 0.25) is 0 Å². The Morgan fingerprint density at radius 2 is 1.49 bits per heavy atom. The van der Waals surface area contributed by atoms with Gasteiger partial charge in [-0.2, -0.15) is 0 Å². The van der Waals surface area contributed by atoms with Crippen molar-refractivity contribution in [2.75, 3.05) is 6.54 Å². The molecule has 0 bridgehead atoms. The van der Waals surface area contributed by atoms with E-state index in [0.29, 0.717) is 11.1 Å². The van der Waals surface area contributed by atoms with Crippen molar-refractivity contribution in [3.8, 4) is 11.1 Å². The van der Waals surface area contributed by atoms with Gasteiger partial charge in [0.25, 0.3) is 11.8 Å². The molecule has 182 valence electrons. The second-order valence-electron chi connectivity index (χ2n) is 8.57. The van der Waals surface area contributed by atoms with Crippen LogP contribution in [-0.2, 0) is 4.74 Å². The molecule has 0 unspecified atom stereocenters. The average molecular weight is 477 g/mol. The van der Waals surface area contributed by atoms with Gasteiger partial charge in [-0.25, -0.2) is 0 Å². The molecule has 1 fully saturated rings. The number of amides is 2. The maximum atomic E-state index is 12.8. The third-order valence-electron chi connectivity index (χ3n) is 6.03. The molecule has 2 amide bonds. The van der Waals surface area contributed by atoms with Gasteiger partial charge in [-0.1, -0.05) is 60.2 Å². The van der Waals surface area contributed by atoms with Crippen LogP contribution in [0.1, 0.15) is 26.3 Å². The van der Waals surface area contributed by atoms with Crippen molar-refractivity contribution in [1.29, 1.82) is 0 Å². The summed E-state index contributed by atoms with van der Waals surface area (Å²) in [5, 5.41) is 36.8. The van der Waals surface area contributed by atoms with E-state index in [1.807, 2.05) is 43.3 Å². The summed E-state index contributed by atoms with van der Waals surface area (Å²) in [6.07, 6.45) is -5.61. The first kappa shape index (κ1) is 24.6. The Kier molecular flexibility index (Phi) is 7.57. The fourth-order valence-corrected chi connectivity index (χ4v) is 3.98. The minimum absolute atomic E-state index is 0.137. The Bertz CT molecular complexity index is 1170. The van der Waals surface area contributed by atoms with Crippen molar-refractivity contribution in [2.24, 2.45) is 0 Å². The molecule has 3 aromatic carbocycles. The van der Waals surface area contributed by atoms with E-state index >= 15 is 0 Å². The summed E-state index contributed by atoms with van der Waals surface area (Å²) >= 11 is 0. The molecule has 35 heavy (non-hydrogen) atoms. The van der Waals surface area contributed by atoms with E-state index in [1.54, 1.807) is 42.5 Å². The number of benzene rings is 3. The Balaban J connectivity index is 1.37. The van der Waals surface area contributed by atoms with E-state index in [9.17, 15) is 24.9 Å². The molecule has 0 aromatic heterocycles. The highest BCUT2D eigenvalue weighted by atomic mass is 16.6. The molecule has 8 nitrogen and oxygen atoms in total. The molecule has 1 saturated heterocycles. The Morgan fingerprint density at radius 1 is 0.800 bits per heavy atom. The van der Waals surface area contributed by atoms with Gasteiger partial charge in [0, 0.05) is 17.7 Å². The maximum absolute atomic E-state index is 12.8. The van der Waals surface area contributed by atoms with E-state index in [2.05, 4.69) is 10.6 Å². The number of hydrogen-bond donors (Lipinski definition) is 5. The number of nitrogens with one attached hydrogen (secondary N) is 2. The first-order valence-corrected chi connectivity index (χ1v) is 11.3. The van der Waals surface area contributed by atoms with E-state index in [-0.39, 0.29) is 12.5 Å². The van der Waals surface area contributed by atoms with Crippen molar-refractivity contribution in [1.82, 2.24) is 10.6 Å². The summed E-state index contributed by atoms with van der Waals surface area (Å²) in [6, 6.07) is 22.2. The number of ether oxygens (including phenoxy) is 1. The number of aryl methyl sites for hydroxylation is 1. The predicted octanol–water partition coefficient (Wildman–Crippen LogP) is 1.63. The topological polar surface area (TPSA) is 128 Å². The SMILES string of the molecule is Cc1ccc(C(=O)NC[C@H]2O[C@H](O)[C@@H](NC(=O)c3cccc(-c4ccccc4)c3)[C@@H](O)[C@@H]2O)cc1. The standard InChI is InChI=1S/C27H28N2O6/c1-16-10-12-18(13-11-16)25(32)28-15-21-23(30)24(31)22(27(34)35-21)29-26(33)20-9-5-8-19(14-20)17-6-3-2-4-7-17/h2-14,21-24,27,30-31,34H,15H2,1H3,(H,28,32)(H,29,33)/t21-,22+,23-,24-,27+/m1/s1. The third-order valence-corrected chi connectivity index (χ3v) is 6.03. The lowest BCUT2D eigenvalue weighted by Crippen LogP contribution is -2.65. The zero-order chi connectivity index (χ0) is 24.9. The Hall–Kier alpha value is -3.56. The third kappa shape index (κ3) is 5.75. The van der Waals surface area contributed by atoms with Crippen LogP contribution in [0.5, 0.6) is 0 Å². The second-order valence-corrected chi connectivity index (χ2v) is 8.57. The van der Waals surface area contributed by atoms with Crippen molar-refractivity contribution < 1.29 is 29.6 Å². The highest BCUT2D eigenvalue weighted by Crippen LogP contribution is 2.22. The predicted molar refractivity (Wildman–Crippen MR) is 130 cm³/mol. The summed E-state index contributed by atoms with van der Waals surface area (Å²) < 4.78 is 5.43. The molecule has 1 aliphatic heterocycles. The van der Waals surface area contributed by atoms with Crippen LogP contribution in [0.2, 0.25) is 0 Å². The van der Waals surface area contributed by atoms with Crippen LogP contribution in [-0.4, -0.2) is 64.3 Å². The van der Waals surface area contributed by atoms with Gasteiger partial charge < -0.3 is 30.7 Å². The summed E-state index contributed by atoms with van der Waals surface area (Å²) in [4.78, 5) is 25.2. The number of carbonyl (C=O) groups excluding carboxylic acids is 2. The van der Waals surface area contributed by atoms with E-state index in [1.165, 1.54) is 0 Å². The first-order chi connectivity index (χ1) is 16.8. The smallest absolute Gasteiger partial charge is 0.251 e. The minimum atomic E-state index is -1.59. The van der Waals surface area contributed by atoms with Gasteiger partial charge in [-0.3, -0.25) is 9.59 Å². The average Bonchev–Trinajstić information content (AvgIpc) is 2.88. The van der Waals surface area contributed by atoms with Crippen LogP contribution in [0, 0.1) is 6.92 Å². The lowest BCUT2D eigenvalue weighted by Gasteiger charge is -2.41. The van der Waals surface area contributed by atoms with Gasteiger partial charge >= 0.3 is 0 Å². The molecule has 5 atom stereocenters. The molecule has 8 heteroatoms. The maximum Gasteiger partial charge on any atom is 0.251 e. The fraction of sp³-hybridized carbons (Fsp3) is 0.259. The molecule has 5 N–H and O–H groups in total. The minimum Gasteiger partial charge on any atom is -0.388 e. The molecule has 0 radical (unpaired) electrons. The first-order valence-electron chi connectivity index (χ1n) is 11.3. The van der Waals surface area contributed by atoms with Crippen LogP contribution < -0.4 is 10.6 Å². The fourth-order valence-electron chi connectivity index (χ4n) is 3.98. The van der Waals surface area contributed by atoms with Crippen molar-refractivity contribution in [2.45, 2.75) is 37.6 Å². The molecule has 3 aromatic rings. The van der Waals surface area contributed by atoms with Crippen LogP contribution in [0.25, 0.3) is 11.1 Å². The number of hydrogen-bond acceptors (Lipinski definition) is 6. The molecule has 0 aliphatic carbocycles. The molecular formula is C27H28N2O6. The summed E-state index contributed by atoms with van der Waals surface area (Å²) in [6.45, 7) is 1.77. The quantitative estimate of drug-likeness (QED) is 0.368. The molecule has 0 spiro atoms. The largest absolute Gasteiger partial charge is 0.388 e. The van der Waals surface area contributed by atoms with Gasteiger partial charge in [0.05, 0.1) is 0 Å². The van der Waals surface area contributed by atoms with Gasteiger partial charge in [-0.05, 0) is 42.3 Å². The highest BCUT2D eigenvalue weighted by Gasteiger charge is 2.44. The number of carbonyl (C=O) groups is 2. The van der Waals surface area contributed by atoms with Crippen molar-refractivity contribution >= 4 is 11.8 Å². The number of aliphatic hydroxyl groups excluding tert-OH is 3. The lowest BCUT2D eigenvalue weighted by atomic mass is 9.96. The van der Waals surface area contributed by atoms with Crippen LogP contribution >= 0.6 is 0 Å². The summed E-state index contributed by atoms with van der Waals surface area (Å²) in [7, 11) is 0. The monoisotopic (exact) mass is 476 g/mol. The zero-order valence-electron chi connectivity index (χ0n) is 19.2. The van der Waals surface area contributed by atoms with Crippen molar-refractivity contribution in [3.05, 3.63) is 95.6 Å². The zero-order valence-corrected chi connectivity index (χ0v) is 19.2. The van der Waals surface area contributed by atoms with Crippen molar-refractivity contribution in [3.63, 3.8) is 0 Å². The molecule has 1 heterocycles. The van der Waals surface area contributed by atoms with E-state index in [0.717, 1.165) is 16.7 Å². The Morgan fingerprint density at radius 3 is 2.20 bits per heavy atom. The normalized spacial score (nSPS) is 23.9. The Labute approximate surface area is 203 Å². The van der Waals surface area contributed by atoms with E-state index < -0.39 is 36.6 Å². The van der Waals surface area contributed by atoms with Gasteiger partial charge in [0.1, 0.15) is 24.4 Å². The molecule has 1 aliphatic rings. The van der Waals surface area contributed by atoms with Crippen LogP contribution in [0.15, 0.2) is 78.9 Å². The summed E-state index contributed by atoms with van der Waals surface area (Å²) in [5.74, 6) is -0.911. The molecule has 0 saturated carbocycles. The van der Waals surface area contributed by atoms with Gasteiger partial charge in [0.15, 0.2) is 6.29 Å². The highest BCUT2D eigenvalue weighted by molar-refractivity contribution is 5.96. The molecule has 4 rings (SSSR count). The van der Waals surface area contributed by atoms with Crippen LogP contribution in [0.3, 0.4) is 0 Å². The molecular weight excluding hydrogens is 448 g/mol. The summed E-state index contributed by atoms with van der Waals surface area (Å²) in [5.41, 5.74) is 3.55. The van der Waals surface area contributed by atoms with Crippen LogP contribution in [0.4, 0.5) is 0 Å². The van der Waals surface area contributed by atoms with E-state index in [4.69, 9.17) is 4.74 Å². The van der Waals surface area contributed by atoms with Gasteiger partial charge in [-0.15, -0.1) is 0 Å².